The second kappa shape index (κ2) is 5.31. The molecule has 0 aromatic heterocycles. The number of nitrogens with one attached hydrogen (secondary N) is 1. The van der Waals surface area contributed by atoms with E-state index in [4.69, 9.17) is 10.5 Å². The Labute approximate surface area is 103 Å². The summed E-state index contributed by atoms with van der Waals surface area (Å²) in [6, 6.07) is -0.748. The monoisotopic (exact) mass is 269 g/mol. The van der Waals surface area contributed by atoms with Crippen molar-refractivity contribution in [1.29, 1.82) is 0 Å². The third-order valence-electron chi connectivity index (χ3n) is 2.47. The van der Waals surface area contributed by atoms with Gasteiger partial charge >= 0.3 is 12.2 Å². The second-order valence-electron chi connectivity index (χ2n) is 4.89. The molecule has 1 atom stereocenters. The molecule has 0 saturated carbocycles. The Morgan fingerprint density at radius 2 is 2.17 bits per heavy atom. The van der Waals surface area contributed by atoms with Gasteiger partial charge in [0.05, 0.1) is 18.2 Å². The number of hydrogen-bond donors (Lipinski definition) is 2. The van der Waals surface area contributed by atoms with Gasteiger partial charge in [0, 0.05) is 13.1 Å². The number of nitrogens with zero attached hydrogens (tertiary/aromatic N) is 1. The van der Waals surface area contributed by atoms with Crippen LogP contribution < -0.4 is 11.1 Å². The highest BCUT2D eigenvalue weighted by Gasteiger charge is 2.36. The molecule has 3 N–H and O–H groups in total. The second-order valence-corrected chi connectivity index (χ2v) is 4.89. The molecule has 0 bridgehead atoms. The lowest BCUT2D eigenvalue weighted by Gasteiger charge is -2.42. The average molecular weight is 269 g/mol. The molecule has 1 aliphatic rings. The Kier molecular flexibility index (Phi) is 4.44. The summed E-state index contributed by atoms with van der Waals surface area (Å²) in [6.07, 6.45) is -4.77. The van der Waals surface area contributed by atoms with Crippen LogP contribution >= 0.6 is 0 Å². The first-order valence-electron chi connectivity index (χ1n) is 5.60. The van der Waals surface area contributed by atoms with Crippen molar-refractivity contribution in [1.82, 2.24) is 10.2 Å². The van der Waals surface area contributed by atoms with E-state index in [0.29, 0.717) is 0 Å². The fourth-order valence-corrected chi connectivity index (χ4v) is 1.86. The molecule has 0 radical (unpaired) electrons. The summed E-state index contributed by atoms with van der Waals surface area (Å²) < 4.78 is 41.6. The quantitative estimate of drug-likeness (QED) is 0.775. The van der Waals surface area contributed by atoms with Gasteiger partial charge in [-0.15, -0.1) is 0 Å². The number of amides is 2. The first kappa shape index (κ1) is 15.0. The molecule has 0 spiro atoms. The minimum absolute atomic E-state index is 0.198. The predicted octanol–water partition coefficient (Wildman–Crippen LogP) is 0.696. The summed E-state index contributed by atoms with van der Waals surface area (Å²) in [6.45, 7) is 2.83. The summed E-state index contributed by atoms with van der Waals surface area (Å²) in [7, 11) is 0. The molecule has 8 heteroatoms. The zero-order valence-corrected chi connectivity index (χ0v) is 10.4. The van der Waals surface area contributed by atoms with Crippen molar-refractivity contribution in [2.45, 2.75) is 31.7 Å². The van der Waals surface area contributed by atoms with E-state index in [1.807, 2.05) is 5.32 Å². The minimum Gasteiger partial charge on any atom is -0.367 e. The number of halogens is 3. The van der Waals surface area contributed by atoms with Crippen LogP contribution in [-0.4, -0.2) is 55.0 Å². The number of alkyl halides is 3. The van der Waals surface area contributed by atoms with Gasteiger partial charge in [-0.05, 0) is 13.8 Å². The molecule has 0 aliphatic carbocycles. The maximum Gasteiger partial charge on any atom is 0.405 e. The summed E-state index contributed by atoms with van der Waals surface area (Å²) in [5.41, 5.74) is 4.85. The number of ether oxygens (including phenoxy) is 1. The Balaban J connectivity index is 2.56. The lowest BCUT2D eigenvalue weighted by atomic mass is 10.1. The minimum atomic E-state index is -4.41. The first-order chi connectivity index (χ1) is 8.13. The van der Waals surface area contributed by atoms with Crippen LogP contribution in [0.3, 0.4) is 0 Å². The number of hydrogen-bond acceptors (Lipinski definition) is 3. The summed E-state index contributed by atoms with van der Waals surface area (Å²) in [5.74, 6) is 0. The number of carbonyl (C=O) groups excluding carboxylic acids is 1. The van der Waals surface area contributed by atoms with Gasteiger partial charge in [-0.25, -0.2) is 4.79 Å². The molecule has 1 unspecified atom stereocenters. The largest absolute Gasteiger partial charge is 0.405 e. The van der Waals surface area contributed by atoms with Crippen molar-refractivity contribution >= 4 is 6.03 Å². The van der Waals surface area contributed by atoms with E-state index < -0.39 is 24.4 Å². The van der Waals surface area contributed by atoms with Gasteiger partial charge in [0.2, 0.25) is 0 Å². The standard InChI is InChI=1S/C10H18F3N3O2/c1-9(2)6-16(4-7(3-14)18-9)8(17)15-5-10(11,12)13/h7H,3-6,14H2,1-2H3,(H,15,17). The van der Waals surface area contributed by atoms with Crippen molar-refractivity contribution in [2.75, 3.05) is 26.2 Å². The van der Waals surface area contributed by atoms with E-state index in [1.165, 1.54) is 4.90 Å². The molecule has 106 valence electrons. The van der Waals surface area contributed by atoms with Gasteiger partial charge in [-0.1, -0.05) is 0 Å². The Morgan fingerprint density at radius 1 is 1.56 bits per heavy atom. The van der Waals surface area contributed by atoms with E-state index in [9.17, 15) is 18.0 Å². The normalized spacial score (nSPS) is 23.9. The van der Waals surface area contributed by atoms with Gasteiger partial charge in [-0.2, -0.15) is 13.2 Å². The molecule has 1 aliphatic heterocycles. The van der Waals surface area contributed by atoms with Crippen molar-refractivity contribution in [3.8, 4) is 0 Å². The third kappa shape index (κ3) is 4.69. The molecule has 5 nitrogen and oxygen atoms in total. The topological polar surface area (TPSA) is 67.6 Å². The van der Waals surface area contributed by atoms with Gasteiger partial charge in [0.15, 0.2) is 0 Å². The Bertz CT molecular complexity index is 307. The molecular formula is C10H18F3N3O2. The molecule has 2 amide bonds. The maximum absolute atomic E-state index is 12.0. The Morgan fingerprint density at radius 3 is 2.67 bits per heavy atom. The molecule has 18 heavy (non-hydrogen) atoms. The van der Waals surface area contributed by atoms with Crippen LogP contribution in [0.25, 0.3) is 0 Å². The van der Waals surface area contributed by atoms with Gasteiger partial charge in [0.1, 0.15) is 6.54 Å². The van der Waals surface area contributed by atoms with Crippen LogP contribution in [-0.2, 0) is 4.74 Å². The van der Waals surface area contributed by atoms with Crippen molar-refractivity contribution < 1.29 is 22.7 Å². The van der Waals surface area contributed by atoms with Crippen LogP contribution in [0, 0.1) is 0 Å². The highest BCUT2D eigenvalue weighted by atomic mass is 19.4. The number of carbonyl (C=O) groups is 1. The van der Waals surface area contributed by atoms with E-state index in [1.54, 1.807) is 13.8 Å². The number of morpholine rings is 1. The number of urea groups is 1. The molecule has 0 aromatic rings. The highest BCUT2D eigenvalue weighted by Crippen LogP contribution is 2.21. The van der Waals surface area contributed by atoms with Gasteiger partial charge in [-0.3, -0.25) is 0 Å². The van der Waals surface area contributed by atoms with E-state index in [2.05, 4.69) is 0 Å². The van der Waals surface area contributed by atoms with Crippen LogP contribution in [0.5, 0.6) is 0 Å². The zero-order valence-electron chi connectivity index (χ0n) is 10.4. The molecule has 0 aromatic carbocycles. The lowest BCUT2D eigenvalue weighted by molar-refractivity contribution is -0.128. The van der Waals surface area contributed by atoms with E-state index >= 15 is 0 Å². The summed E-state index contributed by atoms with van der Waals surface area (Å²) >= 11 is 0. The average Bonchev–Trinajstić information content (AvgIpc) is 2.22. The van der Waals surface area contributed by atoms with Gasteiger partial charge < -0.3 is 20.7 Å². The lowest BCUT2D eigenvalue weighted by Crippen LogP contribution is -2.58. The van der Waals surface area contributed by atoms with Crippen molar-refractivity contribution in [3.63, 3.8) is 0 Å². The molecular weight excluding hydrogens is 251 g/mol. The third-order valence-corrected chi connectivity index (χ3v) is 2.47. The van der Waals surface area contributed by atoms with Crippen molar-refractivity contribution in [3.05, 3.63) is 0 Å². The number of nitrogens with two attached hydrogens (primary N) is 1. The van der Waals surface area contributed by atoms with Crippen molar-refractivity contribution in [2.24, 2.45) is 5.73 Å². The molecule has 1 fully saturated rings. The van der Waals surface area contributed by atoms with E-state index in [-0.39, 0.29) is 25.7 Å². The first-order valence-corrected chi connectivity index (χ1v) is 5.60. The molecule has 1 saturated heterocycles. The van der Waals surface area contributed by atoms with Gasteiger partial charge in [0.25, 0.3) is 0 Å². The highest BCUT2D eigenvalue weighted by molar-refractivity contribution is 5.74. The fraction of sp³-hybridized carbons (Fsp3) is 0.900. The molecule has 1 heterocycles. The maximum atomic E-state index is 12.0. The summed E-state index contributed by atoms with van der Waals surface area (Å²) in [5, 5.41) is 1.84. The molecule has 1 rings (SSSR count). The van der Waals surface area contributed by atoms with Crippen LogP contribution in [0.1, 0.15) is 13.8 Å². The van der Waals surface area contributed by atoms with Crippen LogP contribution in [0.4, 0.5) is 18.0 Å². The Hall–Kier alpha value is -1.02. The SMILES string of the molecule is CC1(C)CN(C(=O)NCC(F)(F)F)CC(CN)O1. The predicted molar refractivity (Wildman–Crippen MR) is 59.0 cm³/mol. The smallest absolute Gasteiger partial charge is 0.367 e. The summed E-state index contributed by atoms with van der Waals surface area (Å²) in [4.78, 5) is 12.9. The van der Waals surface area contributed by atoms with Crippen LogP contribution in [0.15, 0.2) is 0 Å². The zero-order chi connectivity index (χ0) is 14.0. The number of rotatable bonds is 2. The van der Waals surface area contributed by atoms with E-state index in [0.717, 1.165) is 0 Å². The fourth-order valence-electron chi connectivity index (χ4n) is 1.86. The van der Waals surface area contributed by atoms with Crippen LogP contribution in [0.2, 0.25) is 0 Å².